The number of hydrogen-bond acceptors (Lipinski definition) is 4. The summed E-state index contributed by atoms with van der Waals surface area (Å²) in [5, 5.41) is 16.8. The van der Waals surface area contributed by atoms with Crippen LogP contribution in [0.2, 0.25) is 0 Å². The second-order valence-electron chi connectivity index (χ2n) is 4.86. The zero-order chi connectivity index (χ0) is 11.0. The summed E-state index contributed by atoms with van der Waals surface area (Å²) >= 11 is 0. The minimum absolute atomic E-state index is 0.256. The summed E-state index contributed by atoms with van der Waals surface area (Å²) in [6, 6.07) is 0. The fraction of sp³-hybridized carbons (Fsp3) is 0.818. The van der Waals surface area contributed by atoms with E-state index in [2.05, 4.69) is 15.4 Å². The highest BCUT2D eigenvalue weighted by Crippen LogP contribution is 2.35. The first-order valence-electron chi connectivity index (χ1n) is 6.16. The Kier molecular flexibility index (Phi) is 2.55. The van der Waals surface area contributed by atoms with Crippen LogP contribution in [0.5, 0.6) is 0 Å². The molecule has 2 heterocycles. The van der Waals surface area contributed by atoms with Crippen LogP contribution in [0, 0.1) is 5.92 Å². The molecule has 1 unspecified atom stereocenters. The molecule has 1 aromatic heterocycles. The Hall–Kier alpha value is -1.10. The number of aromatic nitrogens is 3. The van der Waals surface area contributed by atoms with Crippen molar-refractivity contribution in [1.82, 2.24) is 14.8 Å². The Morgan fingerprint density at radius 3 is 3.00 bits per heavy atom. The molecule has 1 aromatic rings. The van der Waals surface area contributed by atoms with Gasteiger partial charge in [-0.15, -0.1) is 0 Å². The summed E-state index contributed by atoms with van der Waals surface area (Å²) in [6.07, 6.45) is 4.63. The normalized spacial score (nSPS) is 24.7. The predicted molar refractivity (Wildman–Crippen MR) is 60.3 cm³/mol. The number of nitrogens with zero attached hydrogens (tertiary/aromatic N) is 3. The van der Waals surface area contributed by atoms with Crippen LogP contribution < -0.4 is 5.32 Å². The van der Waals surface area contributed by atoms with Crippen molar-refractivity contribution in [2.45, 2.75) is 38.1 Å². The Labute approximate surface area is 94.9 Å². The van der Waals surface area contributed by atoms with Crippen molar-refractivity contribution in [2.75, 3.05) is 18.5 Å². The van der Waals surface area contributed by atoms with E-state index >= 15 is 0 Å². The molecule has 3 rings (SSSR count). The smallest absolute Gasteiger partial charge is 0.221 e. The van der Waals surface area contributed by atoms with Crippen molar-refractivity contribution in [2.24, 2.45) is 5.92 Å². The molecule has 0 saturated heterocycles. The van der Waals surface area contributed by atoms with E-state index < -0.39 is 0 Å². The minimum atomic E-state index is 0.256. The Bertz CT molecular complexity index is 372. The molecular formula is C11H18N4O. The van der Waals surface area contributed by atoms with Gasteiger partial charge < -0.3 is 10.4 Å². The van der Waals surface area contributed by atoms with E-state index in [9.17, 15) is 0 Å². The molecule has 5 nitrogen and oxygen atoms in total. The van der Waals surface area contributed by atoms with Gasteiger partial charge in [0.2, 0.25) is 5.95 Å². The summed E-state index contributed by atoms with van der Waals surface area (Å²) < 4.78 is 1.97. The highest BCUT2D eigenvalue weighted by molar-refractivity contribution is 5.28. The van der Waals surface area contributed by atoms with Gasteiger partial charge >= 0.3 is 0 Å². The number of aliphatic hydroxyl groups is 1. The zero-order valence-corrected chi connectivity index (χ0v) is 9.39. The average molecular weight is 222 g/mol. The standard InChI is InChI=1S/C11H18N4O/c16-5-4-8-6-12-11-13-10(9-2-1-3-9)14-15(11)7-8/h8-9,16H,1-7H2,(H,12,13,14). The molecule has 16 heavy (non-hydrogen) atoms. The molecule has 0 amide bonds. The van der Waals surface area contributed by atoms with E-state index in [1.54, 1.807) is 0 Å². The summed E-state index contributed by atoms with van der Waals surface area (Å²) in [7, 11) is 0. The maximum Gasteiger partial charge on any atom is 0.221 e. The van der Waals surface area contributed by atoms with Crippen LogP contribution in [0.4, 0.5) is 5.95 Å². The fourth-order valence-corrected chi connectivity index (χ4v) is 2.38. The van der Waals surface area contributed by atoms with E-state index in [0.717, 1.165) is 31.3 Å². The Morgan fingerprint density at radius 2 is 2.31 bits per heavy atom. The topological polar surface area (TPSA) is 63.0 Å². The van der Waals surface area contributed by atoms with Crippen molar-refractivity contribution in [1.29, 1.82) is 0 Å². The van der Waals surface area contributed by atoms with Gasteiger partial charge in [0.05, 0.1) is 0 Å². The number of anilines is 1. The molecule has 88 valence electrons. The number of hydrogen-bond donors (Lipinski definition) is 2. The highest BCUT2D eigenvalue weighted by Gasteiger charge is 2.27. The SMILES string of the molecule is OCCC1CNc2nc(C3CCC3)nn2C1. The third-order valence-corrected chi connectivity index (χ3v) is 3.68. The second kappa shape index (κ2) is 4.05. The first-order chi connectivity index (χ1) is 7.86. The maximum atomic E-state index is 8.93. The van der Waals surface area contributed by atoms with Crippen LogP contribution in [-0.2, 0) is 6.54 Å². The van der Waals surface area contributed by atoms with E-state index in [-0.39, 0.29) is 6.61 Å². The van der Waals surface area contributed by atoms with Crippen molar-refractivity contribution in [3.8, 4) is 0 Å². The quantitative estimate of drug-likeness (QED) is 0.800. The van der Waals surface area contributed by atoms with Gasteiger partial charge in [-0.25, -0.2) is 4.68 Å². The predicted octanol–water partition coefficient (Wildman–Crippen LogP) is 0.970. The summed E-state index contributed by atoms with van der Waals surface area (Å²) in [6.45, 7) is 2.05. The molecule has 0 bridgehead atoms. The lowest BCUT2D eigenvalue weighted by Gasteiger charge is -2.22. The molecule has 2 aliphatic rings. The number of fused-ring (bicyclic) bond motifs is 1. The van der Waals surface area contributed by atoms with Crippen LogP contribution >= 0.6 is 0 Å². The van der Waals surface area contributed by atoms with Crippen LogP contribution in [0.25, 0.3) is 0 Å². The molecule has 0 radical (unpaired) electrons. The number of aliphatic hydroxyl groups excluding tert-OH is 1. The van der Waals surface area contributed by atoms with E-state index in [1.165, 1.54) is 19.3 Å². The summed E-state index contributed by atoms with van der Waals surface area (Å²) in [5.41, 5.74) is 0. The van der Waals surface area contributed by atoms with Crippen LogP contribution in [0.1, 0.15) is 37.4 Å². The van der Waals surface area contributed by atoms with Gasteiger partial charge in [0.15, 0.2) is 5.82 Å². The lowest BCUT2D eigenvalue weighted by Crippen LogP contribution is -2.28. The monoisotopic (exact) mass is 222 g/mol. The molecule has 1 aliphatic heterocycles. The van der Waals surface area contributed by atoms with Crippen LogP contribution in [0.3, 0.4) is 0 Å². The number of nitrogens with one attached hydrogen (secondary N) is 1. The maximum absolute atomic E-state index is 8.93. The number of rotatable bonds is 3. The first-order valence-corrected chi connectivity index (χ1v) is 6.16. The third-order valence-electron chi connectivity index (χ3n) is 3.68. The van der Waals surface area contributed by atoms with Gasteiger partial charge in [-0.3, -0.25) is 0 Å². The molecule has 2 N–H and O–H groups in total. The van der Waals surface area contributed by atoms with E-state index in [0.29, 0.717) is 11.8 Å². The van der Waals surface area contributed by atoms with Crippen molar-refractivity contribution < 1.29 is 5.11 Å². The van der Waals surface area contributed by atoms with Gasteiger partial charge in [-0.2, -0.15) is 10.1 Å². The van der Waals surface area contributed by atoms with E-state index in [1.807, 2.05) is 4.68 Å². The molecule has 5 heteroatoms. The molecule has 0 spiro atoms. The van der Waals surface area contributed by atoms with Crippen LogP contribution in [0.15, 0.2) is 0 Å². The lowest BCUT2D eigenvalue weighted by atomic mass is 9.85. The van der Waals surface area contributed by atoms with Crippen molar-refractivity contribution in [3.63, 3.8) is 0 Å². The fourth-order valence-electron chi connectivity index (χ4n) is 2.38. The van der Waals surface area contributed by atoms with Crippen LogP contribution in [-0.4, -0.2) is 33.0 Å². The first kappa shape index (κ1) is 10.1. The van der Waals surface area contributed by atoms with E-state index in [4.69, 9.17) is 5.11 Å². The molecule has 1 saturated carbocycles. The summed E-state index contributed by atoms with van der Waals surface area (Å²) in [4.78, 5) is 4.55. The van der Waals surface area contributed by atoms with Gasteiger partial charge in [0.1, 0.15) is 0 Å². The van der Waals surface area contributed by atoms with Gasteiger partial charge in [0, 0.05) is 25.6 Å². The lowest BCUT2D eigenvalue weighted by molar-refractivity contribution is 0.244. The zero-order valence-electron chi connectivity index (χ0n) is 9.39. The molecule has 1 fully saturated rings. The van der Waals surface area contributed by atoms with Gasteiger partial charge in [-0.1, -0.05) is 6.42 Å². The Morgan fingerprint density at radius 1 is 1.44 bits per heavy atom. The second-order valence-corrected chi connectivity index (χ2v) is 4.86. The van der Waals surface area contributed by atoms with Gasteiger partial charge in [0.25, 0.3) is 0 Å². The minimum Gasteiger partial charge on any atom is -0.396 e. The van der Waals surface area contributed by atoms with Gasteiger partial charge in [-0.05, 0) is 25.2 Å². The molecular weight excluding hydrogens is 204 g/mol. The average Bonchev–Trinajstić information content (AvgIpc) is 2.57. The summed E-state index contributed by atoms with van der Waals surface area (Å²) in [5.74, 6) is 3.00. The molecule has 1 aliphatic carbocycles. The Balaban J connectivity index is 1.74. The largest absolute Gasteiger partial charge is 0.396 e. The van der Waals surface area contributed by atoms with Crippen molar-refractivity contribution >= 4 is 5.95 Å². The third kappa shape index (κ3) is 1.69. The molecule has 1 atom stereocenters. The highest BCUT2D eigenvalue weighted by atomic mass is 16.3. The molecule has 0 aromatic carbocycles. The van der Waals surface area contributed by atoms with Crippen molar-refractivity contribution in [3.05, 3.63) is 5.82 Å².